The molecule has 1 aromatic rings. The molecule has 100 valence electrons. The van der Waals surface area contributed by atoms with Gasteiger partial charge in [0.05, 0.1) is 0 Å². The van der Waals surface area contributed by atoms with Crippen molar-refractivity contribution in [2.45, 2.75) is 57.0 Å². The van der Waals surface area contributed by atoms with Crippen molar-refractivity contribution in [3.8, 4) is 0 Å². The van der Waals surface area contributed by atoms with E-state index in [1.165, 1.54) is 45.2 Å². The van der Waals surface area contributed by atoms with Crippen molar-refractivity contribution in [3.05, 3.63) is 21.9 Å². The molecule has 1 aliphatic carbocycles. The Kier molecular flexibility index (Phi) is 3.48. The van der Waals surface area contributed by atoms with Gasteiger partial charge < -0.3 is 5.73 Å². The van der Waals surface area contributed by atoms with Gasteiger partial charge in [0.2, 0.25) is 0 Å². The van der Waals surface area contributed by atoms with Crippen molar-refractivity contribution in [2.24, 2.45) is 5.73 Å². The molecule has 1 saturated heterocycles. The molecule has 18 heavy (non-hydrogen) atoms. The van der Waals surface area contributed by atoms with Crippen molar-refractivity contribution in [3.63, 3.8) is 0 Å². The predicted molar refractivity (Wildman–Crippen MR) is 78.0 cm³/mol. The Morgan fingerprint density at radius 3 is 2.94 bits per heavy atom. The molecule has 0 amide bonds. The van der Waals surface area contributed by atoms with E-state index in [4.69, 9.17) is 5.73 Å². The summed E-state index contributed by atoms with van der Waals surface area (Å²) in [6.07, 6.45) is 7.45. The summed E-state index contributed by atoms with van der Waals surface area (Å²) in [5.74, 6) is 0. The maximum absolute atomic E-state index is 6.40. The summed E-state index contributed by atoms with van der Waals surface area (Å²) in [7, 11) is 0. The SMILES string of the molecule is CCC1(N)CCN(C2CCCc3sccc32)CC1. The van der Waals surface area contributed by atoms with Crippen LogP contribution in [0, 0.1) is 0 Å². The Hall–Kier alpha value is -0.380. The first-order valence-corrected chi connectivity index (χ1v) is 8.19. The first-order chi connectivity index (χ1) is 8.72. The summed E-state index contributed by atoms with van der Waals surface area (Å²) in [6.45, 7) is 4.60. The lowest BCUT2D eigenvalue weighted by molar-refractivity contribution is 0.105. The lowest BCUT2D eigenvalue weighted by Gasteiger charge is -2.43. The van der Waals surface area contributed by atoms with E-state index in [1.807, 2.05) is 11.3 Å². The van der Waals surface area contributed by atoms with Gasteiger partial charge in [0, 0.05) is 29.5 Å². The Morgan fingerprint density at radius 1 is 1.44 bits per heavy atom. The van der Waals surface area contributed by atoms with Crippen molar-refractivity contribution >= 4 is 11.3 Å². The van der Waals surface area contributed by atoms with Gasteiger partial charge in [-0.25, -0.2) is 0 Å². The van der Waals surface area contributed by atoms with E-state index in [1.54, 1.807) is 10.4 Å². The van der Waals surface area contributed by atoms with Crippen LogP contribution < -0.4 is 5.73 Å². The number of rotatable bonds is 2. The van der Waals surface area contributed by atoms with Crippen molar-refractivity contribution < 1.29 is 0 Å². The molecule has 1 atom stereocenters. The standard InChI is InChI=1S/C15H24N2S/c1-2-15(16)7-9-17(10-8-15)13-4-3-5-14-12(13)6-11-18-14/h6,11,13H,2-5,7-10,16H2,1H3. The zero-order valence-electron chi connectivity index (χ0n) is 11.3. The second-order valence-electron chi connectivity index (χ2n) is 5.96. The molecule has 1 aromatic heterocycles. The summed E-state index contributed by atoms with van der Waals surface area (Å²) < 4.78 is 0. The highest BCUT2D eigenvalue weighted by atomic mass is 32.1. The molecule has 2 heterocycles. The van der Waals surface area contributed by atoms with Crippen LogP contribution in [-0.4, -0.2) is 23.5 Å². The molecule has 0 aromatic carbocycles. The number of hydrogen-bond donors (Lipinski definition) is 1. The number of thiophene rings is 1. The van der Waals surface area contributed by atoms with E-state index < -0.39 is 0 Å². The molecular formula is C15H24N2S. The minimum Gasteiger partial charge on any atom is -0.325 e. The third-order valence-electron chi connectivity index (χ3n) is 4.96. The van der Waals surface area contributed by atoms with Crippen molar-refractivity contribution in [1.82, 2.24) is 4.90 Å². The van der Waals surface area contributed by atoms with Gasteiger partial charge in [-0.05, 0) is 55.5 Å². The average molecular weight is 264 g/mol. The van der Waals surface area contributed by atoms with E-state index in [0.717, 1.165) is 6.42 Å². The zero-order valence-corrected chi connectivity index (χ0v) is 12.1. The van der Waals surface area contributed by atoms with E-state index in [-0.39, 0.29) is 5.54 Å². The number of likely N-dealkylation sites (tertiary alicyclic amines) is 1. The molecule has 3 rings (SSSR count). The van der Waals surface area contributed by atoms with Crippen LogP contribution in [0.5, 0.6) is 0 Å². The predicted octanol–water partition coefficient (Wildman–Crippen LogP) is 3.33. The Labute approximate surface area is 114 Å². The molecule has 0 radical (unpaired) electrons. The highest BCUT2D eigenvalue weighted by molar-refractivity contribution is 7.10. The van der Waals surface area contributed by atoms with Gasteiger partial charge in [-0.2, -0.15) is 0 Å². The fraction of sp³-hybridized carbons (Fsp3) is 0.733. The van der Waals surface area contributed by atoms with Crippen LogP contribution >= 0.6 is 11.3 Å². The highest BCUT2D eigenvalue weighted by Crippen LogP contribution is 2.39. The Morgan fingerprint density at radius 2 is 2.22 bits per heavy atom. The van der Waals surface area contributed by atoms with Crippen LogP contribution in [0.3, 0.4) is 0 Å². The maximum atomic E-state index is 6.40. The smallest absolute Gasteiger partial charge is 0.0359 e. The second-order valence-corrected chi connectivity index (χ2v) is 6.96. The second kappa shape index (κ2) is 4.95. The highest BCUT2D eigenvalue weighted by Gasteiger charge is 2.34. The molecule has 1 fully saturated rings. The Bertz CT molecular complexity index is 404. The van der Waals surface area contributed by atoms with Gasteiger partial charge >= 0.3 is 0 Å². The van der Waals surface area contributed by atoms with Crippen LogP contribution in [0.15, 0.2) is 11.4 Å². The average Bonchev–Trinajstić information content (AvgIpc) is 2.88. The van der Waals surface area contributed by atoms with Gasteiger partial charge in [0.1, 0.15) is 0 Å². The summed E-state index contributed by atoms with van der Waals surface area (Å²) in [4.78, 5) is 4.32. The number of aryl methyl sites for hydroxylation is 1. The molecule has 1 aliphatic heterocycles. The third-order valence-corrected chi connectivity index (χ3v) is 5.96. The zero-order chi connectivity index (χ0) is 12.6. The van der Waals surface area contributed by atoms with Gasteiger partial charge in [0.15, 0.2) is 0 Å². The summed E-state index contributed by atoms with van der Waals surface area (Å²) in [5.41, 5.74) is 8.13. The minimum atomic E-state index is 0.114. The number of hydrogen-bond acceptors (Lipinski definition) is 3. The normalized spacial score (nSPS) is 28.0. The number of nitrogens with zero attached hydrogens (tertiary/aromatic N) is 1. The van der Waals surface area contributed by atoms with Gasteiger partial charge in [-0.3, -0.25) is 4.90 Å². The van der Waals surface area contributed by atoms with Gasteiger partial charge in [-0.15, -0.1) is 11.3 Å². The molecule has 2 nitrogen and oxygen atoms in total. The first-order valence-electron chi connectivity index (χ1n) is 7.31. The summed E-state index contributed by atoms with van der Waals surface area (Å²) in [5, 5.41) is 2.27. The van der Waals surface area contributed by atoms with E-state index >= 15 is 0 Å². The van der Waals surface area contributed by atoms with Crippen LogP contribution in [0.2, 0.25) is 0 Å². The van der Waals surface area contributed by atoms with E-state index in [9.17, 15) is 0 Å². The minimum absolute atomic E-state index is 0.114. The fourth-order valence-electron chi connectivity index (χ4n) is 3.48. The first kappa shape index (κ1) is 12.6. The summed E-state index contributed by atoms with van der Waals surface area (Å²) >= 11 is 1.95. The van der Waals surface area contributed by atoms with Crippen LogP contribution in [0.25, 0.3) is 0 Å². The molecule has 2 aliphatic rings. The molecule has 3 heteroatoms. The topological polar surface area (TPSA) is 29.3 Å². The molecule has 1 unspecified atom stereocenters. The lowest BCUT2D eigenvalue weighted by Crippen LogP contribution is -2.50. The number of fused-ring (bicyclic) bond motifs is 1. The van der Waals surface area contributed by atoms with Crippen molar-refractivity contribution in [2.75, 3.05) is 13.1 Å². The van der Waals surface area contributed by atoms with E-state index in [0.29, 0.717) is 6.04 Å². The monoisotopic (exact) mass is 264 g/mol. The lowest BCUT2D eigenvalue weighted by atomic mass is 9.84. The van der Waals surface area contributed by atoms with Gasteiger partial charge in [-0.1, -0.05) is 6.92 Å². The third kappa shape index (κ3) is 2.24. The molecule has 0 spiro atoms. The fourth-order valence-corrected chi connectivity index (χ4v) is 4.46. The number of piperidine rings is 1. The van der Waals surface area contributed by atoms with E-state index in [2.05, 4.69) is 23.3 Å². The maximum Gasteiger partial charge on any atom is 0.0359 e. The van der Waals surface area contributed by atoms with Gasteiger partial charge in [0.25, 0.3) is 0 Å². The molecule has 0 bridgehead atoms. The van der Waals surface area contributed by atoms with Crippen LogP contribution in [-0.2, 0) is 6.42 Å². The quantitative estimate of drug-likeness (QED) is 0.888. The van der Waals surface area contributed by atoms with Crippen molar-refractivity contribution in [1.29, 1.82) is 0 Å². The Balaban J connectivity index is 1.71. The van der Waals surface area contributed by atoms with Crippen LogP contribution in [0.4, 0.5) is 0 Å². The number of nitrogens with two attached hydrogens (primary N) is 1. The molecular weight excluding hydrogens is 240 g/mol. The molecule has 0 saturated carbocycles. The largest absolute Gasteiger partial charge is 0.325 e. The molecule has 2 N–H and O–H groups in total. The van der Waals surface area contributed by atoms with Crippen LogP contribution in [0.1, 0.15) is 55.5 Å². The summed E-state index contributed by atoms with van der Waals surface area (Å²) in [6, 6.07) is 3.04.